The van der Waals surface area contributed by atoms with Gasteiger partial charge in [-0.2, -0.15) is 0 Å². The summed E-state index contributed by atoms with van der Waals surface area (Å²) in [4.78, 5) is 0. The molecule has 11 heavy (non-hydrogen) atoms. The number of hydrogen-bond acceptors (Lipinski definition) is 2. The first-order chi connectivity index (χ1) is 4.91. The van der Waals surface area contributed by atoms with Crippen LogP contribution in [-0.4, -0.2) is 19.0 Å². The first-order valence-electron chi connectivity index (χ1n) is 4.19. The minimum Gasteiger partial charge on any atom is -0.348 e. The van der Waals surface area contributed by atoms with Crippen LogP contribution in [0, 0.1) is 0 Å². The van der Waals surface area contributed by atoms with Crippen molar-refractivity contribution in [1.29, 1.82) is 0 Å². The molecule has 1 saturated carbocycles. The zero-order valence-electron chi connectivity index (χ0n) is 6.27. The average Bonchev–Trinajstić information content (AvgIpc) is 2.39. The fourth-order valence-corrected chi connectivity index (χ4v) is 1.88. The van der Waals surface area contributed by atoms with E-state index in [2.05, 4.69) is 0 Å². The molecule has 0 aromatic carbocycles. The Hall–Kier alpha value is -0.0800. The maximum atomic E-state index is 5.56. The minimum absolute atomic E-state index is 0. The molecule has 0 amide bonds. The highest BCUT2D eigenvalue weighted by atomic mass is 16.7. The first kappa shape index (κ1) is 9.01. The van der Waals surface area contributed by atoms with Gasteiger partial charge in [0.1, 0.15) is 0 Å². The topological polar surface area (TPSA) is 18.5 Å². The predicted molar refractivity (Wildman–Crippen MR) is 44.5 cm³/mol. The lowest BCUT2D eigenvalue weighted by Gasteiger charge is -2.30. The Bertz CT molecular complexity index is 109. The molecule has 66 valence electrons. The molecule has 0 radical (unpaired) electrons. The third-order valence-electron chi connectivity index (χ3n) is 2.43. The summed E-state index contributed by atoms with van der Waals surface area (Å²) in [5.41, 5.74) is 0. The molecule has 0 unspecified atom stereocenters. The molecular weight excluding hydrogens is 140 g/mol. The van der Waals surface area contributed by atoms with Crippen LogP contribution in [0.1, 0.15) is 39.5 Å². The molecule has 0 bridgehead atoms. The first-order valence-corrected chi connectivity index (χ1v) is 4.19. The summed E-state index contributed by atoms with van der Waals surface area (Å²) in [5.74, 6) is -0.127. The van der Waals surface area contributed by atoms with Gasteiger partial charge in [-0.1, -0.05) is 13.8 Å². The van der Waals surface area contributed by atoms with E-state index in [9.17, 15) is 0 Å². The molecule has 2 rings (SSSR count). The number of ether oxygens (including phenoxy) is 2. The quantitative estimate of drug-likeness (QED) is 0.538. The fourth-order valence-electron chi connectivity index (χ4n) is 1.88. The normalized spacial score (nSPS) is 28.4. The second-order valence-corrected chi connectivity index (χ2v) is 3.17. The molecule has 0 aromatic heterocycles. The van der Waals surface area contributed by atoms with Crippen molar-refractivity contribution in [1.82, 2.24) is 0 Å². The summed E-state index contributed by atoms with van der Waals surface area (Å²) in [6.07, 6.45) is 6.15. The Morgan fingerprint density at radius 3 is 1.91 bits per heavy atom. The molecule has 0 N–H and O–H groups in total. The van der Waals surface area contributed by atoms with E-state index in [1.165, 1.54) is 19.3 Å². The van der Waals surface area contributed by atoms with Crippen LogP contribution in [-0.2, 0) is 9.47 Å². The molecule has 2 nitrogen and oxygen atoms in total. The standard InChI is InChI=1S/C8H14O2.CH4/c1-2-4-8(5-3-1)9-6-7-10-8;/h1-7H2;1H4. The maximum absolute atomic E-state index is 5.56. The highest BCUT2D eigenvalue weighted by molar-refractivity contribution is 4.77. The van der Waals surface area contributed by atoms with Gasteiger partial charge < -0.3 is 9.47 Å². The van der Waals surface area contributed by atoms with Crippen LogP contribution in [0.25, 0.3) is 0 Å². The van der Waals surface area contributed by atoms with Crippen molar-refractivity contribution in [2.24, 2.45) is 0 Å². The molecular formula is C9H18O2. The molecule has 2 heteroatoms. The monoisotopic (exact) mass is 158 g/mol. The summed E-state index contributed by atoms with van der Waals surface area (Å²) in [6, 6.07) is 0. The summed E-state index contributed by atoms with van der Waals surface area (Å²) in [6.45, 7) is 1.61. The van der Waals surface area contributed by atoms with Crippen LogP contribution < -0.4 is 0 Å². The lowest BCUT2D eigenvalue weighted by atomic mass is 9.94. The molecule has 1 aliphatic heterocycles. The highest BCUT2D eigenvalue weighted by Crippen LogP contribution is 2.35. The zero-order valence-corrected chi connectivity index (χ0v) is 6.27. The van der Waals surface area contributed by atoms with Gasteiger partial charge in [0, 0.05) is 12.8 Å². The van der Waals surface area contributed by atoms with Crippen LogP contribution in [0.4, 0.5) is 0 Å². The lowest BCUT2D eigenvalue weighted by Crippen LogP contribution is -2.32. The second-order valence-electron chi connectivity index (χ2n) is 3.17. The summed E-state index contributed by atoms with van der Waals surface area (Å²) in [5, 5.41) is 0. The Morgan fingerprint density at radius 1 is 0.818 bits per heavy atom. The van der Waals surface area contributed by atoms with Gasteiger partial charge in [0.05, 0.1) is 13.2 Å². The second kappa shape index (κ2) is 3.55. The SMILES string of the molecule is C.C1CCC2(CC1)OCCO2. The summed E-state index contributed by atoms with van der Waals surface area (Å²) in [7, 11) is 0. The van der Waals surface area contributed by atoms with E-state index in [1.807, 2.05) is 0 Å². The van der Waals surface area contributed by atoms with Crippen molar-refractivity contribution in [2.75, 3.05) is 13.2 Å². The van der Waals surface area contributed by atoms with Gasteiger partial charge in [0.25, 0.3) is 0 Å². The van der Waals surface area contributed by atoms with E-state index in [-0.39, 0.29) is 13.2 Å². The van der Waals surface area contributed by atoms with Crippen molar-refractivity contribution in [3.8, 4) is 0 Å². The highest BCUT2D eigenvalue weighted by Gasteiger charge is 2.37. The van der Waals surface area contributed by atoms with Crippen LogP contribution in [0.5, 0.6) is 0 Å². The van der Waals surface area contributed by atoms with E-state index in [4.69, 9.17) is 9.47 Å². The molecule has 0 atom stereocenters. The lowest BCUT2D eigenvalue weighted by molar-refractivity contribution is -0.176. The van der Waals surface area contributed by atoms with Crippen LogP contribution in [0.15, 0.2) is 0 Å². The van der Waals surface area contributed by atoms with Crippen LogP contribution in [0.3, 0.4) is 0 Å². The summed E-state index contributed by atoms with van der Waals surface area (Å²) >= 11 is 0. The van der Waals surface area contributed by atoms with Crippen molar-refractivity contribution >= 4 is 0 Å². The minimum atomic E-state index is -0.127. The largest absolute Gasteiger partial charge is 0.348 e. The maximum Gasteiger partial charge on any atom is 0.168 e. The average molecular weight is 158 g/mol. The third-order valence-corrected chi connectivity index (χ3v) is 2.43. The van der Waals surface area contributed by atoms with E-state index < -0.39 is 0 Å². The van der Waals surface area contributed by atoms with E-state index in [1.54, 1.807) is 0 Å². The molecule has 1 spiro atoms. The molecule has 1 aliphatic carbocycles. The Kier molecular flexibility index (Phi) is 2.90. The fraction of sp³-hybridized carbons (Fsp3) is 1.00. The number of rotatable bonds is 0. The zero-order chi connectivity index (χ0) is 6.86. The van der Waals surface area contributed by atoms with E-state index >= 15 is 0 Å². The molecule has 1 saturated heterocycles. The smallest absolute Gasteiger partial charge is 0.168 e. The molecule has 2 aliphatic rings. The van der Waals surface area contributed by atoms with Crippen LogP contribution in [0.2, 0.25) is 0 Å². The van der Waals surface area contributed by atoms with Gasteiger partial charge in [-0.3, -0.25) is 0 Å². The van der Waals surface area contributed by atoms with Gasteiger partial charge in [-0.25, -0.2) is 0 Å². The van der Waals surface area contributed by atoms with Gasteiger partial charge in [0.2, 0.25) is 0 Å². The van der Waals surface area contributed by atoms with Crippen LogP contribution >= 0.6 is 0 Å². The molecule has 2 fully saturated rings. The van der Waals surface area contributed by atoms with Crippen molar-refractivity contribution < 1.29 is 9.47 Å². The van der Waals surface area contributed by atoms with Crippen molar-refractivity contribution in [3.63, 3.8) is 0 Å². The predicted octanol–water partition coefficient (Wildman–Crippen LogP) is 2.33. The van der Waals surface area contributed by atoms with E-state index in [0.29, 0.717) is 0 Å². The third kappa shape index (κ3) is 1.74. The van der Waals surface area contributed by atoms with Gasteiger partial charge >= 0.3 is 0 Å². The van der Waals surface area contributed by atoms with Crippen molar-refractivity contribution in [2.45, 2.75) is 45.3 Å². The Morgan fingerprint density at radius 2 is 1.36 bits per heavy atom. The van der Waals surface area contributed by atoms with Gasteiger partial charge in [-0.15, -0.1) is 0 Å². The molecule has 0 aromatic rings. The van der Waals surface area contributed by atoms with Crippen molar-refractivity contribution in [3.05, 3.63) is 0 Å². The number of hydrogen-bond donors (Lipinski definition) is 0. The van der Waals surface area contributed by atoms with Gasteiger partial charge in [0.15, 0.2) is 5.79 Å². The summed E-state index contributed by atoms with van der Waals surface area (Å²) < 4.78 is 11.1. The molecule has 1 heterocycles. The Labute approximate surface area is 68.9 Å². The van der Waals surface area contributed by atoms with E-state index in [0.717, 1.165) is 26.1 Å². The Balaban J connectivity index is 0.000000605. The van der Waals surface area contributed by atoms with Gasteiger partial charge in [-0.05, 0) is 12.8 Å².